The molecule has 5 nitrogen and oxygen atoms in total. The molecule has 26 heavy (non-hydrogen) atoms. The molecule has 0 aliphatic heterocycles. The topological polar surface area (TPSA) is 96.9 Å². The van der Waals surface area contributed by atoms with Crippen LogP contribution in [0.4, 0.5) is 0 Å². The van der Waals surface area contributed by atoms with Crippen molar-refractivity contribution in [3.8, 4) is 11.8 Å². The van der Waals surface area contributed by atoms with E-state index in [0.29, 0.717) is 24.7 Å². The summed E-state index contributed by atoms with van der Waals surface area (Å²) in [6, 6.07) is 7.77. The summed E-state index contributed by atoms with van der Waals surface area (Å²) >= 11 is 0. The maximum atomic E-state index is 12.3. The predicted octanol–water partition coefficient (Wildman–Crippen LogP) is 2.75. The molecule has 0 bridgehead atoms. The van der Waals surface area contributed by atoms with Gasteiger partial charge in [-0.25, -0.2) is 0 Å². The lowest BCUT2D eigenvalue weighted by atomic mass is 10.1. The minimum Gasteiger partial charge on any atom is -0.350 e. The highest BCUT2D eigenvalue weighted by molar-refractivity contribution is 5.98. The summed E-state index contributed by atoms with van der Waals surface area (Å²) in [5, 5.41) is 3.87. The zero-order chi connectivity index (χ0) is 18.9. The number of carbonyl (C=O) groups excluding carboxylic acids is 1. The van der Waals surface area contributed by atoms with E-state index in [9.17, 15) is 4.79 Å². The lowest BCUT2D eigenvalue weighted by molar-refractivity contribution is 0.0946. The minimum absolute atomic E-state index is 0.0637. The minimum atomic E-state index is -0.139. The van der Waals surface area contributed by atoms with Gasteiger partial charge in [-0.05, 0) is 50.4 Å². The Morgan fingerprint density at radius 2 is 2.12 bits per heavy atom. The highest BCUT2D eigenvalue weighted by Gasteiger charge is 2.17. The Labute approximate surface area is 155 Å². The van der Waals surface area contributed by atoms with E-state index in [4.69, 9.17) is 11.5 Å². The Balaban J connectivity index is 0.00000117. The number of amides is 1. The van der Waals surface area contributed by atoms with Gasteiger partial charge in [-0.2, -0.15) is 0 Å². The number of rotatable bonds is 6. The molecule has 1 aromatic carbocycles. The van der Waals surface area contributed by atoms with Crippen LogP contribution in [0.3, 0.4) is 0 Å². The molecule has 1 heterocycles. The number of carbonyl (C=O) groups is 1. The molecule has 1 atom stereocenters. The first-order valence-corrected chi connectivity index (χ1v) is 9.54. The third kappa shape index (κ3) is 5.91. The first kappa shape index (κ1) is 20.0. The highest BCUT2D eigenvalue weighted by Crippen LogP contribution is 2.27. The molecule has 2 aromatic rings. The molecule has 1 saturated carbocycles. The largest absolute Gasteiger partial charge is 0.350 e. The SMILES string of the molecule is CC.NCCCC(N)CNC(=O)c1cc2ccc(C#CC3CC3)cc2[nH]1. The maximum Gasteiger partial charge on any atom is 0.267 e. The van der Waals surface area contributed by atoms with Crippen LogP contribution in [0.25, 0.3) is 10.9 Å². The van der Waals surface area contributed by atoms with Gasteiger partial charge in [-0.3, -0.25) is 4.79 Å². The Hall–Kier alpha value is -2.29. The van der Waals surface area contributed by atoms with Gasteiger partial charge in [0.2, 0.25) is 0 Å². The standard InChI is InChI=1S/C19H24N4O.C2H6/c20-9-1-2-16(21)12-22-19(24)18-11-15-8-7-14(10-17(15)23-18)6-5-13-3-4-13;1-2/h7-8,10-11,13,16,23H,1-4,9,12,20-21H2,(H,22,24);1-2H3. The Bertz CT molecular complexity index is 780. The van der Waals surface area contributed by atoms with Gasteiger partial charge < -0.3 is 21.8 Å². The zero-order valence-corrected chi connectivity index (χ0v) is 15.8. The average Bonchev–Trinajstić information content (AvgIpc) is 3.40. The van der Waals surface area contributed by atoms with Crippen LogP contribution < -0.4 is 16.8 Å². The van der Waals surface area contributed by atoms with Crippen molar-refractivity contribution in [1.29, 1.82) is 0 Å². The van der Waals surface area contributed by atoms with Crippen molar-refractivity contribution in [1.82, 2.24) is 10.3 Å². The summed E-state index contributed by atoms with van der Waals surface area (Å²) in [6.45, 7) is 5.07. The molecule has 5 heteroatoms. The van der Waals surface area contributed by atoms with E-state index in [2.05, 4.69) is 22.1 Å². The van der Waals surface area contributed by atoms with E-state index in [1.54, 1.807) is 0 Å². The predicted molar refractivity (Wildman–Crippen MR) is 108 cm³/mol. The normalized spacial score (nSPS) is 14.0. The highest BCUT2D eigenvalue weighted by atomic mass is 16.1. The molecule has 1 aliphatic carbocycles. The van der Waals surface area contributed by atoms with Crippen molar-refractivity contribution in [3.63, 3.8) is 0 Å². The van der Waals surface area contributed by atoms with Crippen molar-refractivity contribution in [2.75, 3.05) is 13.1 Å². The van der Waals surface area contributed by atoms with Gasteiger partial charge >= 0.3 is 0 Å². The van der Waals surface area contributed by atoms with E-state index < -0.39 is 0 Å². The lowest BCUT2D eigenvalue weighted by Crippen LogP contribution is -2.37. The van der Waals surface area contributed by atoms with Crippen molar-refractivity contribution in [2.45, 2.75) is 45.6 Å². The number of aromatic nitrogens is 1. The average molecular weight is 354 g/mol. The second-order valence-corrected chi connectivity index (χ2v) is 6.43. The van der Waals surface area contributed by atoms with E-state index in [1.165, 1.54) is 12.8 Å². The first-order chi connectivity index (χ1) is 12.7. The fourth-order valence-corrected chi connectivity index (χ4v) is 2.54. The maximum absolute atomic E-state index is 12.3. The summed E-state index contributed by atoms with van der Waals surface area (Å²) in [5.74, 6) is 6.89. The number of benzene rings is 1. The first-order valence-electron chi connectivity index (χ1n) is 9.54. The van der Waals surface area contributed by atoms with Gasteiger partial charge in [0.15, 0.2) is 0 Å². The van der Waals surface area contributed by atoms with Crippen LogP contribution in [0.5, 0.6) is 0 Å². The number of fused-ring (bicyclic) bond motifs is 1. The molecule has 140 valence electrons. The van der Waals surface area contributed by atoms with Crippen LogP contribution >= 0.6 is 0 Å². The van der Waals surface area contributed by atoms with E-state index in [0.717, 1.165) is 29.3 Å². The second kappa shape index (κ2) is 10.0. The number of aromatic amines is 1. The van der Waals surface area contributed by atoms with Gasteiger partial charge in [-0.15, -0.1) is 0 Å². The van der Waals surface area contributed by atoms with Gasteiger partial charge in [0, 0.05) is 35.0 Å². The van der Waals surface area contributed by atoms with Crippen LogP contribution in [-0.4, -0.2) is 30.0 Å². The molecule has 1 fully saturated rings. The molecule has 0 radical (unpaired) electrons. The second-order valence-electron chi connectivity index (χ2n) is 6.43. The lowest BCUT2D eigenvalue weighted by Gasteiger charge is -2.11. The van der Waals surface area contributed by atoms with E-state index in [1.807, 2.05) is 38.1 Å². The van der Waals surface area contributed by atoms with Crippen molar-refractivity contribution >= 4 is 16.8 Å². The van der Waals surface area contributed by atoms with Crippen LogP contribution in [0, 0.1) is 17.8 Å². The number of nitrogens with one attached hydrogen (secondary N) is 2. The van der Waals surface area contributed by atoms with Gasteiger partial charge in [-0.1, -0.05) is 31.8 Å². The number of hydrogen-bond acceptors (Lipinski definition) is 3. The third-order valence-electron chi connectivity index (χ3n) is 4.17. The molecule has 1 aliphatic rings. The fraction of sp³-hybridized carbons (Fsp3) is 0.476. The smallest absolute Gasteiger partial charge is 0.267 e. The molecule has 3 rings (SSSR count). The summed E-state index contributed by atoms with van der Waals surface area (Å²) in [5.41, 5.74) is 13.9. The van der Waals surface area contributed by atoms with Crippen molar-refractivity contribution in [3.05, 3.63) is 35.5 Å². The Morgan fingerprint density at radius 1 is 1.35 bits per heavy atom. The van der Waals surface area contributed by atoms with Gasteiger partial charge in [0.25, 0.3) is 5.91 Å². The van der Waals surface area contributed by atoms with Crippen LogP contribution in [0.15, 0.2) is 24.3 Å². The Kier molecular flexibility index (Phi) is 7.71. The third-order valence-corrected chi connectivity index (χ3v) is 4.17. The monoisotopic (exact) mass is 354 g/mol. The molecule has 1 aromatic heterocycles. The molecule has 1 amide bonds. The molecule has 0 saturated heterocycles. The molecular weight excluding hydrogens is 324 g/mol. The van der Waals surface area contributed by atoms with E-state index >= 15 is 0 Å². The number of H-pyrrole nitrogens is 1. The molecule has 1 unspecified atom stereocenters. The van der Waals surface area contributed by atoms with Crippen molar-refractivity contribution in [2.24, 2.45) is 17.4 Å². The number of hydrogen-bond donors (Lipinski definition) is 4. The molecular formula is C21H30N4O. The molecule has 0 spiro atoms. The summed E-state index contributed by atoms with van der Waals surface area (Å²) < 4.78 is 0. The Morgan fingerprint density at radius 3 is 2.81 bits per heavy atom. The summed E-state index contributed by atoms with van der Waals surface area (Å²) in [6.07, 6.45) is 4.12. The summed E-state index contributed by atoms with van der Waals surface area (Å²) in [4.78, 5) is 15.4. The summed E-state index contributed by atoms with van der Waals surface area (Å²) in [7, 11) is 0. The van der Waals surface area contributed by atoms with E-state index in [-0.39, 0.29) is 11.9 Å². The van der Waals surface area contributed by atoms with Crippen LogP contribution in [0.1, 0.15) is 55.6 Å². The quantitative estimate of drug-likeness (QED) is 0.601. The number of nitrogens with two attached hydrogens (primary N) is 2. The van der Waals surface area contributed by atoms with Gasteiger partial charge in [0.05, 0.1) is 0 Å². The fourth-order valence-electron chi connectivity index (χ4n) is 2.54. The zero-order valence-electron chi connectivity index (χ0n) is 15.8. The van der Waals surface area contributed by atoms with Crippen LogP contribution in [-0.2, 0) is 0 Å². The molecule has 6 N–H and O–H groups in total. The van der Waals surface area contributed by atoms with Crippen molar-refractivity contribution < 1.29 is 4.79 Å². The van der Waals surface area contributed by atoms with Gasteiger partial charge in [0.1, 0.15) is 5.69 Å². The van der Waals surface area contributed by atoms with Crippen LogP contribution in [0.2, 0.25) is 0 Å².